The minimum atomic E-state index is 0.449. The second-order valence-corrected chi connectivity index (χ2v) is 5.63. The van der Waals surface area contributed by atoms with Crippen molar-refractivity contribution in [3.05, 3.63) is 12.7 Å². The number of anilines is 2. The maximum absolute atomic E-state index is 4.37. The number of thioether (sulfide) groups is 1. The lowest BCUT2D eigenvalue weighted by Crippen LogP contribution is -2.17. The molecule has 1 fully saturated rings. The monoisotopic (exact) mass is 292 g/mol. The molecule has 20 heavy (non-hydrogen) atoms. The summed E-state index contributed by atoms with van der Waals surface area (Å²) in [5.74, 6) is 4.65. The van der Waals surface area contributed by atoms with E-state index in [1.165, 1.54) is 28.9 Å². The van der Waals surface area contributed by atoms with Gasteiger partial charge in [-0.3, -0.25) is 0 Å². The first kappa shape index (κ1) is 13.1. The molecular weight excluding hydrogens is 276 g/mol. The van der Waals surface area contributed by atoms with Crippen LogP contribution in [-0.4, -0.2) is 54.8 Å². The Balaban J connectivity index is 1.77. The van der Waals surface area contributed by atoms with Gasteiger partial charge in [-0.25, -0.2) is 4.98 Å². The van der Waals surface area contributed by atoms with Crippen LogP contribution in [0.1, 0.15) is 6.42 Å². The van der Waals surface area contributed by atoms with Gasteiger partial charge in [-0.2, -0.15) is 36.5 Å². The van der Waals surface area contributed by atoms with Crippen molar-refractivity contribution in [3.8, 4) is 5.95 Å². The molecule has 1 atom stereocenters. The van der Waals surface area contributed by atoms with Crippen molar-refractivity contribution < 1.29 is 0 Å². The van der Waals surface area contributed by atoms with Crippen molar-refractivity contribution >= 4 is 23.7 Å². The van der Waals surface area contributed by atoms with E-state index < -0.39 is 0 Å². The number of nitrogens with one attached hydrogen (secondary N) is 2. The zero-order valence-corrected chi connectivity index (χ0v) is 12.0. The molecule has 0 amide bonds. The molecule has 2 aromatic heterocycles. The summed E-state index contributed by atoms with van der Waals surface area (Å²) >= 11 is 2.00. The predicted octanol–water partition coefficient (Wildman–Crippen LogP) is 0.659. The van der Waals surface area contributed by atoms with Crippen molar-refractivity contribution in [1.82, 2.24) is 29.7 Å². The van der Waals surface area contributed by atoms with Crippen LogP contribution in [0.4, 0.5) is 11.9 Å². The van der Waals surface area contributed by atoms with Gasteiger partial charge in [0.15, 0.2) is 0 Å². The minimum absolute atomic E-state index is 0.449. The maximum atomic E-state index is 4.37. The van der Waals surface area contributed by atoms with Crippen LogP contribution in [0, 0.1) is 5.92 Å². The molecule has 2 aromatic rings. The van der Waals surface area contributed by atoms with E-state index in [1.807, 2.05) is 11.8 Å². The fraction of sp³-hybridized carbons (Fsp3) is 0.545. The molecule has 3 heterocycles. The fourth-order valence-electron chi connectivity index (χ4n) is 1.95. The Bertz CT molecular complexity index is 552. The molecule has 0 saturated carbocycles. The molecule has 1 unspecified atom stereocenters. The van der Waals surface area contributed by atoms with Gasteiger partial charge >= 0.3 is 0 Å². The molecule has 1 aliphatic rings. The number of nitrogens with zero attached hydrogens (tertiary/aromatic N) is 6. The zero-order valence-electron chi connectivity index (χ0n) is 11.2. The van der Waals surface area contributed by atoms with Gasteiger partial charge in [0.05, 0.1) is 0 Å². The highest BCUT2D eigenvalue weighted by Crippen LogP contribution is 2.23. The van der Waals surface area contributed by atoms with E-state index in [9.17, 15) is 0 Å². The third kappa shape index (κ3) is 2.98. The molecule has 9 heteroatoms. The van der Waals surface area contributed by atoms with E-state index >= 15 is 0 Å². The summed E-state index contributed by atoms with van der Waals surface area (Å²) in [6.07, 6.45) is 4.26. The van der Waals surface area contributed by atoms with Gasteiger partial charge in [0.2, 0.25) is 11.9 Å². The van der Waals surface area contributed by atoms with Crippen molar-refractivity contribution in [3.63, 3.8) is 0 Å². The van der Waals surface area contributed by atoms with Gasteiger partial charge in [0.25, 0.3) is 5.95 Å². The number of hydrogen-bond acceptors (Lipinski definition) is 8. The summed E-state index contributed by atoms with van der Waals surface area (Å²) in [6, 6.07) is 0. The molecule has 0 spiro atoms. The molecule has 1 saturated heterocycles. The van der Waals surface area contributed by atoms with Gasteiger partial charge in [-0.1, -0.05) is 0 Å². The average molecular weight is 292 g/mol. The summed E-state index contributed by atoms with van der Waals surface area (Å²) in [6.45, 7) is 0.886. The standard InChI is InChI=1S/C11H16N8S/c1-12-9-16-10(14-4-8-2-3-20-5-8)18-11(17-9)19-7-13-6-15-19/h6-8H,2-5H2,1H3,(H2,12,14,16,17,18). The highest BCUT2D eigenvalue weighted by atomic mass is 32.2. The van der Waals surface area contributed by atoms with Crippen LogP contribution in [-0.2, 0) is 0 Å². The molecule has 0 radical (unpaired) electrons. The van der Waals surface area contributed by atoms with Gasteiger partial charge in [-0.15, -0.1) is 0 Å². The van der Waals surface area contributed by atoms with Crippen LogP contribution in [0.25, 0.3) is 5.95 Å². The summed E-state index contributed by atoms with van der Waals surface area (Å²) in [7, 11) is 1.78. The first-order chi connectivity index (χ1) is 9.85. The van der Waals surface area contributed by atoms with Crippen molar-refractivity contribution in [1.29, 1.82) is 0 Å². The Labute approximate surface area is 120 Å². The second-order valence-electron chi connectivity index (χ2n) is 4.48. The molecule has 0 bridgehead atoms. The van der Waals surface area contributed by atoms with Crippen LogP contribution in [0.15, 0.2) is 12.7 Å². The van der Waals surface area contributed by atoms with E-state index in [0.717, 1.165) is 6.54 Å². The topological polar surface area (TPSA) is 93.4 Å². The van der Waals surface area contributed by atoms with Crippen LogP contribution in [0.3, 0.4) is 0 Å². The third-order valence-corrected chi connectivity index (χ3v) is 4.28. The molecule has 0 aliphatic carbocycles. The molecule has 3 rings (SSSR count). The Morgan fingerprint density at radius 3 is 2.95 bits per heavy atom. The molecule has 0 aromatic carbocycles. The highest BCUT2D eigenvalue weighted by molar-refractivity contribution is 7.99. The molecule has 1 aliphatic heterocycles. The van der Waals surface area contributed by atoms with Gasteiger partial charge in [0, 0.05) is 13.6 Å². The summed E-state index contributed by atoms with van der Waals surface area (Å²) in [4.78, 5) is 16.8. The zero-order chi connectivity index (χ0) is 13.8. The number of aromatic nitrogens is 6. The lowest BCUT2D eigenvalue weighted by atomic mass is 10.1. The van der Waals surface area contributed by atoms with Gasteiger partial charge in [0.1, 0.15) is 12.7 Å². The number of rotatable bonds is 5. The Morgan fingerprint density at radius 1 is 1.35 bits per heavy atom. The Hall–Kier alpha value is -1.90. The molecular formula is C11H16N8S. The average Bonchev–Trinajstić information content (AvgIpc) is 3.17. The summed E-state index contributed by atoms with van der Waals surface area (Å²) in [5.41, 5.74) is 0. The molecule has 2 N–H and O–H groups in total. The smallest absolute Gasteiger partial charge is 0.258 e. The normalized spacial score (nSPS) is 18.1. The van der Waals surface area contributed by atoms with E-state index in [0.29, 0.717) is 23.8 Å². The van der Waals surface area contributed by atoms with E-state index in [4.69, 9.17) is 0 Å². The predicted molar refractivity (Wildman–Crippen MR) is 78.2 cm³/mol. The van der Waals surface area contributed by atoms with Gasteiger partial charge in [-0.05, 0) is 23.8 Å². The SMILES string of the molecule is CNc1nc(NCC2CCSC2)nc(-n2cncn2)n1. The van der Waals surface area contributed by atoms with Gasteiger partial charge < -0.3 is 10.6 Å². The summed E-state index contributed by atoms with van der Waals surface area (Å²) in [5, 5.41) is 10.3. The first-order valence-electron chi connectivity index (χ1n) is 6.45. The second kappa shape index (κ2) is 6.04. The molecule has 8 nitrogen and oxygen atoms in total. The van der Waals surface area contributed by atoms with Crippen LogP contribution < -0.4 is 10.6 Å². The lowest BCUT2D eigenvalue weighted by Gasteiger charge is -2.11. The largest absolute Gasteiger partial charge is 0.357 e. The van der Waals surface area contributed by atoms with E-state index in [-0.39, 0.29) is 0 Å². The summed E-state index contributed by atoms with van der Waals surface area (Å²) < 4.78 is 1.51. The van der Waals surface area contributed by atoms with Crippen LogP contribution >= 0.6 is 11.8 Å². The Kier molecular flexibility index (Phi) is 3.95. The van der Waals surface area contributed by atoms with Crippen molar-refractivity contribution in [2.45, 2.75) is 6.42 Å². The first-order valence-corrected chi connectivity index (χ1v) is 7.61. The van der Waals surface area contributed by atoms with Crippen molar-refractivity contribution in [2.75, 3.05) is 35.7 Å². The fourth-order valence-corrected chi connectivity index (χ4v) is 3.23. The number of hydrogen-bond donors (Lipinski definition) is 2. The highest BCUT2D eigenvalue weighted by Gasteiger charge is 2.16. The van der Waals surface area contributed by atoms with Crippen LogP contribution in [0.2, 0.25) is 0 Å². The van der Waals surface area contributed by atoms with E-state index in [2.05, 4.69) is 35.7 Å². The third-order valence-electron chi connectivity index (χ3n) is 3.04. The quantitative estimate of drug-likeness (QED) is 0.830. The molecule has 106 valence electrons. The van der Waals surface area contributed by atoms with Crippen molar-refractivity contribution in [2.24, 2.45) is 5.92 Å². The van der Waals surface area contributed by atoms with Crippen LogP contribution in [0.5, 0.6) is 0 Å². The van der Waals surface area contributed by atoms with E-state index in [1.54, 1.807) is 13.4 Å². The lowest BCUT2D eigenvalue weighted by molar-refractivity contribution is 0.628. The minimum Gasteiger partial charge on any atom is -0.357 e. The Morgan fingerprint density at radius 2 is 2.25 bits per heavy atom. The maximum Gasteiger partial charge on any atom is 0.258 e.